The number of carboxylic acid groups (broad SMARTS) is 1. The lowest BCUT2D eigenvalue weighted by Crippen LogP contribution is -2.40. The van der Waals surface area contributed by atoms with Crippen LogP contribution in [0.25, 0.3) is 0 Å². The lowest BCUT2D eigenvalue weighted by Gasteiger charge is -2.38. The number of aliphatic hydroxyl groups is 1. The van der Waals surface area contributed by atoms with Crippen LogP contribution in [0.2, 0.25) is 0 Å². The summed E-state index contributed by atoms with van der Waals surface area (Å²) < 4.78 is 5.22. The first-order valence-corrected chi connectivity index (χ1v) is 6.70. The van der Waals surface area contributed by atoms with Crippen LogP contribution in [0.15, 0.2) is 30.3 Å². The molecule has 0 heterocycles. The van der Waals surface area contributed by atoms with Crippen molar-refractivity contribution in [3.8, 4) is 0 Å². The summed E-state index contributed by atoms with van der Waals surface area (Å²) in [5.74, 6) is -1.43. The molecule has 1 saturated carbocycles. The van der Waals surface area contributed by atoms with E-state index in [2.05, 4.69) is 0 Å². The van der Waals surface area contributed by atoms with E-state index in [9.17, 15) is 14.7 Å². The number of hydrogen-bond acceptors (Lipinski definition) is 4. The predicted molar refractivity (Wildman–Crippen MR) is 71.2 cm³/mol. The number of benzene rings is 1. The zero-order valence-electron chi connectivity index (χ0n) is 11.1. The fraction of sp³-hybridized carbons (Fsp3) is 0.467. The van der Waals surface area contributed by atoms with Crippen molar-refractivity contribution in [3.05, 3.63) is 35.9 Å². The minimum absolute atomic E-state index is 0.0528. The lowest BCUT2D eigenvalue weighted by atomic mass is 9.70. The van der Waals surface area contributed by atoms with Gasteiger partial charge in [0.05, 0.1) is 24.7 Å². The molecule has 0 aliphatic heterocycles. The number of aliphatic carboxylic acids is 1. The molecule has 0 spiro atoms. The Labute approximate surface area is 117 Å². The van der Waals surface area contributed by atoms with Crippen LogP contribution in [-0.4, -0.2) is 34.9 Å². The number of hydrogen-bond donors (Lipinski definition) is 2. The first kappa shape index (κ1) is 14.5. The van der Waals surface area contributed by atoms with E-state index >= 15 is 0 Å². The molecule has 1 fully saturated rings. The van der Waals surface area contributed by atoms with Crippen LogP contribution >= 0.6 is 0 Å². The maximum Gasteiger partial charge on any atom is 0.338 e. The monoisotopic (exact) mass is 278 g/mol. The third-order valence-electron chi connectivity index (χ3n) is 3.79. The third-order valence-corrected chi connectivity index (χ3v) is 3.79. The maximum atomic E-state index is 11.8. The average Bonchev–Trinajstić information content (AvgIpc) is 2.37. The van der Waals surface area contributed by atoms with Gasteiger partial charge in [-0.05, 0) is 36.8 Å². The SMILES string of the molecule is O=C(O)CC(O)C1CCC1COC(=O)c1ccccc1. The Hall–Kier alpha value is -1.88. The number of ether oxygens (including phenoxy) is 1. The highest BCUT2D eigenvalue weighted by molar-refractivity contribution is 5.89. The van der Waals surface area contributed by atoms with Crippen molar-refractivity contribution in [2.24, 2.45) is 11.8 Å². The quantitative estimate of drug-likeness (QED) is 0.774. The molecule has 5 heteroatoms. The van der Waals surface area contributed by atoms with Gasteiger partial charge in [-0.2, -0.15) is 0 Å². The molecule has 0 bridgehead atoms. The second-order valence-electron chi connectivity index (χ2n) is 5.13. The Kier molecular flexibility index (Phi) is 4.74. The van der Waals surface area contributed by atoms with Gasteiger partial charge in [-0.3, -0.25) is 4.79 Å². The Morgan fingerprint density at radius 3 is 2.50 bits per heavy atom. The zero-order chi connectivity index (χ0) is 14.5. The van der Waals surface area contributed by atoms with Crippen molar-refractivity contribution in [2.45, 2.75) is 25.4 Å². The van der Waals surface area contributed by atoms with Crippen LogP contribution in [0.5, 0.6) is 0 Å². The Balaban J connectivity index is 1.80. The summed E-state index contributed by atoms with van der Waals surface area (Å²) in [6.45, 7) is 0.231. The zero-order valence-corrected chi connectivity index (χ0v) is 11.1. The Bertz CT molecular complexity index is 470. The smallest absolute Gasteiger partial charge is 0.338 e. The Morgan fingerprint density at radius 2 is 1.95 bits per heavy atom. The fourth-order valence-corrected chi connectivity index (χ4v) is 2.48. The minimum atomic E-state index is -1.01. The summed E-state index contributed by atoms with van der Waals surface area (Å²) in [4.78, 5) is 22.3. The van der Waals surface area contributed by atoms with Gasteiger partial charge in [0.2, 0.25) is 0 Å². The van der Waals surface area contributed by atoms with E-state index < -0.39 is 12.1 Å². The van der Waals surface area contributed by atoms with E-state index in [0.29, 0.717) is 5.56 Å². The maximum absolute atomic E-state index is 11.8. The summed E-state index contributed by atoms with van der Waals surface area (Å²) in [5.41, 5.74) is 0.495. The van der Waals surface area contributed by atoms with Gasteiger partial charge in [-0.25, -0.2) is 4.79 Å². The number of rotatable bonds is 6. The summed E-state index contributed by atoms with van der Waals surface area (Å²) in [6.07, 6.45) is 0.515. The van der Waals surface area contributed by atoms with Crippen LogP contribution in [0.1, 0.15) is 29.6 Å². The minimum Gasteiger partial charge on any atom is -0.481 e. The van der Waals surface area contributed by atoms with Gasteiger partial charge in [0, 0.05) is 0 Å². The molecular weight excluding hydrogens is 260 g/mol. The molecular formula is C15H18O5. The van der Waals surface area contributed by atoms with E-state index in [1.54, 1.807) is 24.3 Å². The molecule has 0 radical (unpaired) electrons. The number of carboxylic acids is 1. The molecule has 1 aliphatic carbocycles. The van der Waals surface area contributed by atoms with E-state index in [4.69, 9.17) is 9.84 Å². The first-order valence-electron chi connectivity index (χ1n) is 6.70. The van der Waals surface area contributed by atoms with E-state index in [-0.39, 0.29) is 30.8 Å². The van der Waals surface area contributed by atoms with Gasteiger partial charge in [0.15, 0.2) is 0 Å². The van der Waals surface area contributed by atoms with Crippen molar-refractivity contribution in [1.82, 2.24) is 0 Å². The molecule has 3 atom stereocenters. The van der Waals surface area contributed by atoms with Crippen LogP contribution in [0, 0.1) is 11.8 Å². The summed E-state index contributed by atoms with van der Waals surface area (Å²) in [7, 11) is 0. The lowest BCUT2D eigenvalue weighted by molar-refractivity contribution is -0.141. The van der Waals surface area contributed by atoms with E-state index in [1.165, 1.54) is 0 Å². The second-order valence-corrected chi connectivity index (χ2v) is 5.13. The molecule has 1 aromatic rings. The molecule has 3 unspecified atom stereocenters. The fourth-order valence-electron chi connectivity index (χ4n) is 2.48. The van der Waals surface area contributed by atoms with Crippen molar-refractivity contribution in [2.75, 3.05) is 6.61 Å². The second kappa shape index (κ2) is 6.52. The van der Waals surface area contributed by atoms with Gasteiger partial charge in [0.1, 0.15) is 0 Å². The highest BCUT2D eigenvalue weighted by atomic mass is 16.5. The largest absolute Gasteiger partial charge is 0.481 e. The van der Waals surface area contributed by atoms with Crippen LogP contribution < -0.4 is 0 Å². The van der Waals surface area contributed by atoms with Crippen LogP contribution in [0.4, 0.5) is 0 Å². The Morgan fingerprint density at radius 1 is 1.25 bits per heavy atom. The summed E-state index contributed by atoms with van der Waals surface area (Å²) in [5, 5.41) is 18.4. The molecule has 0 saturated heterocycles. The van der Waals surface area contributed by atoms with Gasteiger partial charge in [-0.1, -0.05) is 18.2 Å². The van der Waals surface area contributed by atoms with Crippen molar-refractivity contribution < 1.29 is 24.5 Å². The number of carbonyl (C=O) groups is 2. The molecule has 2 rings (SSSR count). The topological polar surface area (TPSA) is 83.8 Å². The number of aliphatic hydroxyl groups excluding tert-OH is 1. The van der Waals surface area contributed by atoms with Crippen LogP contribution in [0.3, 0.4) is 0 Å². The van der Waals surface area contributed by atoms with E-state index in [1.807, 2.05) is 6.07 Å². The van der Waals surface area contributed by atoms with Crippen molar-refractivity contribution in [1.29, 1.82) is 0 Å². The highest BCUT2D eigenvalue weighted by Crippen LogP contribution is 2.38. The third kappa shape index (κ3) is 3.57. The molecule has 0 aromatic heterocycles. The van der Waals surface area contributed by atoms with Gasteiger partial charge in [0.25, 0.3) is 0 Å². The van der Waals surface area contributed by atoms with Gasteiger partial charge >= 0.3 is 11.9 Å². The van der Waals surface area contributed by atoms with Gasteiger partial charge < -0.3 is 14.9 Å². The highest BCUT2D eigenvalue weighted by Gasteiger charge is 2.37. The normalized spacial score (nSPS) is 22.6. The van der Waals surface area contributed by atoms with Crippen molar-refractivity contribution >= 4 is 11.9 Å². The number of esters is 1. The first-order chi connectivity index (χ1) is 9.58. The number of carbonyl (C=O) groups excluding carboxylic acids is 1. The van der Waals surface area contributed by atoms with Gasteiger partial charge in [-0.15, -0.1) is 0 Å². The summed E-state index contributed by atoms with van der Waals surface area (Å²) in [6, 6.07) is 8.71. The average molecular weight is 278 g/mol. The van der Waals surface area contributed by atoms with Crippen LogP contribution in [-0.2, 0) is 9.53 Å². The summed E-state index contributed by atoms with van der Waals surface area (Å²) >= 11 is 0. The molecule has 108 valence electrons. The molecule has 0 amide bonds. The van der Waals surface area contributed by atoms with E-state index in [0.717, 1.165) is 12.8 Å². The van der Waals surface area contributed by atoms with Crippen molar-refractivity contribution in [3.63, 3.8) is 0 Å². The molecule has 2 N–H and O–H groups in total. The molecule has 1 aliphatic rings. The predicted octanol–water partition coefficient (Wildman–Crippen LogP) is 1.71. The molecule has 20 heavy (non-hydrogen) atoms. The molecule has 1 aromatic carbocycles. The molecule has 5 nitrogen and oxygen atoms in total. The standard InChI is InChI=1S/C15H18O5/c16-13(8-14(17)18)12-7-6-11(12)9-20-15(19)10-4-2-1-3-5-10/h1-5,11-13,16H,6-9H2,(H,17,18).